The Kier molecular flexibility index (Phi) is 4.15. The molecule has 1 aromatic rings. The molecule has 0 atom stereocenters. The average molecular weight is 249 g/mol. The smallest absolute Gasteiger partial charge is 0.254 e. The molecular weight excluding hydrogens is 230 g/mol. The summed E-state index contributed by atoms with van der Waals surface area (Å²) >= 11 is 0. The number of aliphatic hydroxyl groups excluding tert-OH is 1. The Morgan fingerprint density at radius 1 is 1.61 bits per heavy atom. The second-order valence-electron chi connectivity index (χ2n) is 4.46. The van der Waals surface area contributed by atoms with Gasteiger partial charge in [-0.25, -0.2) is 4.98 Å². The normalized spacial score (nSPS) is 14.3. The molecule has 0 aromatic carbocycles. The van der Waals surface area contributed by atoms with Crippen molar-refractivity contribution in [1.82, 2.24) is 9.88 Å². The molecule has 1 saturated carbocycles. The van der Waals surface area contributed by atoms with Crippen molar-refractivity contribution in [1.29, 1.82) is 0 Å². The van der Waals surface area contributed by atoms with Crippen LogP contribution >= 0.6 is 0 Å². The van der Waals surface area contributed by atoms with E-state index in [2.05, 4.69) is 10.3 Å². The third-order valence-electron chi connectivity index (χ3n) is 2.98. The lowest BCUT2D eigenvalue weighted by Gasteiger charge is -2.19. The summed E-state index contributed by atoms with van der Waals surface area (Å²) in [5.74, 6) is 0.691. The second-order valence-corrected chi connectivity index (χ2v) is 4.46. The van der Waals surface area contributed by atoms with Crippen LogP contribution in [0.3, 0.4) is 0 Å². The van der Waals surface area contributed by atoms with Gasteiger partial charge in [0.25, 0.3) is 5.91 Å². The fourth-order valence-electron chi connectivity index (χ4n) is 1.79. The van der Waals surface area contributed by atoms with Gasteiger partial charge in [-0.05, 0) is 31.9 Å². The highest BCUT2D eigenvalue weighted by Crippen LogP contribution is 2.23. The summed E-state index contributed by atoms with van der Waals surface area (Å²) in [5, 5.41) is 12.2. The van der Waals surface area contributed by atoms with Crippen LogP contribution in [0.2, 0.25) is 0 Å². The predicted octanol–water partition coefficient (Wildman–Crippen LogP) is 1.11. The monoisotopic (exact) mass is 249 g/mol. The molecule has 1 amide bonds. The SMILES string of the molecule is CCN(CCO)C(=O)c1ccnc(NC2CC2)c1. The number of nitrogens with one attached hydrogen (secondary N) is 1. The number of pyridine rings is 1. The molecule has 0 aliphatic heterocycles. The highest BCUT2D eigenvalue weighted by molar-refractivity contribution is 5.94. The van der Waals surface area contributed by atoms with Crippen LogP contribution in [0.5, 0.6) is 0 Å². The van der Waals surface area contributed by atoms with E-state index in [9.17, 15) is 4.79 Å². The molecule has 1 fully saturated rings. The van der Waals surface area contributed by atoms with E-state index in [1.807, 2.05) is 6.92 Å². The van der Waals surface area contributed by atoms with E-state index in [0.717, 1.165) is 5.82 Å². The van der Waals surface area contributed by atoms with E-state index < -0.39 is 0 Å². The number of nitrogens with zero attached hydrogens (tertiary/aromatic N) is 2. The molecule has 0 spiro atoms. The van der Waals surface area contributed by atoms with E-state index in [1.54, 1.807) is 23.2 Å². The largest absolute Gasteiger partial charge is 0.395 e. The Bertz CT molecular complexity index is 418. The highest BCUT2D eigenvalue weighted by atomic mass is 16.3. The Balaban J connectivity index is 2.08. The Labute approximate surface area is 107 Å². The van der Waals surface area contributed by atoms with Crippen molar-refractivity contribution < 1.29 is 9.90 Å². The molecule has 18 heavy (non-hydrogen) atoms. The zero-order valence-corrected chi connectivity index (χ0v) is 10.6. The van der Waals surface area contributed by atoms with Crippen molar-refractivity contribution in [2.45, 2.75) is 25.8 Å². The number of carbonyl (C=O) groups is 1. The minimum absolute atomic E-state index is 0.0160. The van der Waals surface area contributed by atoms with Crippen LogP contribution in [-0.2, 0) is 0 Å². The molecule has 98 valence electrons. The maximum Gasteiger partial charge on any atom is 0.254 e. The van der Waals surface area contributed by atoms with Gasteiger partial charge in [0.1, 0.15) is 5.82 Å². The minimum Gasteiger partial charge on any atom is -0.395 e. The third-order valence-corrected chi connectivity index (χ3v) is 2.98. The molecule has 2 rings (SSSR count). The van der Waals surface area contributed by atoms with Crippen LogP contribution in [0.1, 0.15) is 30.1 Å². The van der Waals surface area contributed by atoms with Gasteiger partial charge in [0, 0.05) is 30.9 Å². The lowest BCUT2D eigenvalue weighted by Crippen LogP contribution is -2.33. The summed E-state index contributed by atoms with van der Waals surface area (Å²) < 4.78 is 0. The van der Waals surface area contributed by atoms with Crippen molar-refractivity contribution >= 4 is 11.7 Å². The van der Waals surface area contributed by atoms with Crippen molar-refractivity contribution in [2.75, 3.05) is 25.0 Å². The number of carbonyl (C=O) groups excluding carboxylic acids is 1. The van der Waals surface area contributed by atoms with Gasteiger partial charge in [-0.3, -0.25) is 4.79 Å². The predicted molar refractivity (Wildman–Crippen MR) is 69.5 cm³/mol. The Morgan fingerprint density at radius 2 is 2.39 bits per heavy atom. The molecular formula is C13H19N3O2. The molecule has 0 unspecified atom stereocenters. The average Bonchev–Trinajstić information content (AvgIpc) is 3.19. The summed E-state index contributed by atoms with van der Waals surface area (Å²) in [4.78, 5) is 18.0. The van der Waals surface area contributed by atoms with Crippen molar-refractivity contribution in [3.8, 4) is 0 Å². The van der Waals surface area contributed by atoms with Crippen LogP contribution in [0.15, 0.2) is 18.3 Å². The Hall–Kier alpha value is -1.62. The highest BCUT2D eigenvalue weighted by Gasteiger charge is 2.22. The standard InChI is InChI=1S/C13H19N3O2/c1-2-16(7-8-17)13(18)10-5-6-14-12(9-10)15-11-3-4-11/h5-6,9,11,17H,2-4,7-8H2,1H3,(H,14,15). The number of amides is 1. The zero-order valence-electron chi connectivity index (χ0n) is 10.6. The van der Waals surface area contributed by atoms with Gasteiger partial charge in [-0.1, -0.05) is 0 Å². The first-order valence-corrected chi connectivity index (χ1v) is 6.37. The first kappa shape index (κ1) is 12.8. The first-order valence-electron chi connectivity index (χ1n) is 6.37. The molecule has 0 radical (unpaired) electrons. The summed E-state index contributed by atoms with van der Waals surface area (Å²) in [6, 6.07) is 4.00. The van der Waals surface area contributed by atoms with E-state index >= 15 is 0 Å². The number of aromatic nitrogens is 1. The number of likely N-dealkylation sites (N-methyl/N-ethyl adjacent to an activating group) is 1. The van der Waals surface area contributed by atoms with Gasteiger partial charge < -0.3 is 15.3 Å². The molecule has 0 saturated heterocycles. The first-order chi connectivity index (χ1) is 8.74. The van der Waals surface area contributed by atoms with Gasteiger partial charge in [0.2, 0.25) is 0 Å². The lowest BCUT2D eigenvalue weighted by molar-refractivity contribution is 0.0732. The summed E-state index contributed by atoms with van der Waals surface area (Å²) in [7, 11) is 0. The second kappa shape index (κ2) is 5.82. The van der Waals surface area contributed by atoms with Crippen LogP contribution in [-0.4, -0.2) is 46.6 Å². The van der Waals surface area contributed by atoms with E-state index in [4.69, 9.17) is 5.11 Å². The quantitative estimate of drug-likeness (QED) is 0.792. The number of rotatable bonds is 6. The van der Waals surface area contributed by atoms with Crippen LogP contribution < -0.4 is 5.32 Å². The van der Waals surface area contributed by atoms with Gasteiger partial charge in [-0.15, -0.1) is 0 Å². The van der Waals surface area contributed by atoms with Crippen molar-refractivity contribution in [3.63, 3.8) is 0 Å². The van der Waals surface area contributed by atoms with Gasteiger partial charge >= 0.3 is 0 Å². The summed E-state index contributed by atoms with van der Waals surface area (Å²) in [5.41, 5.74) is 0.614. The zero-order chi connectivity index (χ0) is 13.0. The van der Waals surface area contributed by atoms with Crippen LogP contribution in [0.4, 0.5) is 5.82 Å². The van der Waals surface area contributed by atoms with E-state index in [0.29, 0.717) is 24.7 Å². The maximum absolute atomic E-state index is 12.2. The number of hydrogen-bond donors (Lipinski definition) is 2. The Morgan fingerprint density at radius 3 is 3.00 bits per heavy atom. The van der Waals surface area contributed by atoms with E-state index in [-0.39, 0.29) is 12.5 Å². The lowest BCUT2D eigenvalue weighted by atomic mass is 10.2. The summed E-state index contributed by atoms with van der Waals surface area (Å²) in [6.07, 6.45) is 3.99. The van der Waals surface area contributed by atoms with E-state index in [1.165, 1.54) is 12.8 Å². The molecule has 1 heterocycles. The van der Waals surface area contributed by atoms with Crippen molar-refractivity contribution in [3.05, 3.63) is 23.9 Å². The number of anilines is 1. The molecule has 1 aliphatic carbocycles. The fourth-order valence-corrected chi connectivity index (χ4v) is 1.79. The molecule has 5 nitrogen and oxygen atoms in total. The van der Waals surface area contributed by atoms with Gasteiger partial charge in [-0.2, -0.15) is 0 Å². The number of aliphatic hydroxyl groups is 1. The maximum atomic E-state index is 12.2. The molecule has 1 aromatic heterocycles. The molecule has 0 bridgehead atoms. The molecule has 2 N–H and O–H groups in total. The van der Waals surface area contributed by atoms with Crippen molar-refractivity contribution in [2.24, 2.45) is 0 Å². The summed E-state index contributed by atoms with van der Waals surface area (Å²) in [6.45, 7) is 2.84. The molecule has 1 aliphatic rings. The molecule has 5 heteroatoms. The topological polar surface area (TPSA) is 65.5 Å². The van der Waals surface area contributed by atoms with Crippen LogP contribution in [0.25, 0.3) is 0 Å². The van der Waals surface area contributed by atoms with Gasteiger partial charge in [0.15, 0.2) is 0 Å². The fraction of sp³-hybridized carbons (Fsp3) is 0.538. The third kappa shape index (κ3) is 3.20. The number of hydrogen-bond acceptors (Lipinski definition) is 4. The van der Waals surface area contributed by atoms with Crippen LogP contribution in [0, 0.1) is 0 Å². The minimum atomic E-state index is -0.0622. The van der Waals surface area contributed by atoms with Gasteiger partial charge in [0.05, 0.1) is 6.61 Å².